The number of nitrogens with one attached hydrogen (secondary N) is 2. The van der Waals surface area contributed by atoms with Crippen molar-refractivity contribution >= 4 is 57.4 Å². The number of carbonyl (C=O) groups is 3. The molecule has 0 aromatic heterocycles. The Bertz CT molecular complexity index is 1490. The van der Waals surface area contributed by atoms with Crippen LogP contribution in [0.5, 0.6) is 11.5 Å². The van der Waals surface area contributed by atoms with Crippen LogP contribution in [0.25, 0.3) is 10.8 Å². The molecule has 4 aromatic rings. The number of esters is 1. The molecule has 0 unspecified atom stereocenters. The minimum atomic E-state index is -0.546. The zero-order chi connectivity index (χ0) is 26.2. The monoisotopic (exact) mass is 607 g/mol. The lowest BCUT2D eigenvalue weighted by Gasteiger charge is -2.11. The van der Waals surface area contributed by atoms with Gasteiger partial charge in [0.05, 0.1) is 31.0 Å². The zero-order valence-electron chi connectivity index (χ0n) is 19.7. The molecule has 9 heteroatoms. The van der Waals surface area contributed by atoms with Crippen molar-refractivity contribution in [1.29, 1.82) is 0 Å². The van der Waals surface area contributed by atoms with Crippen molar-refractivity contribution in [2.24, 2.45) is 5.10 Å². The van der Waals surface area contributed by atoms with Crippen LogP contribution >= 0.6 is 22.6 Å². The Labute approximate surface area is 226 Å². The van der Waals surface area contributed by atoms with Gasteiger partial charge in [0, 0.05) is 9.13 Å². The van der Waals surface area contributed by atoms with Gasteiger partial charge in [0.25, 0.3) is 11.8 Å². The quantitative estimate of drug-likeness (QED) is 0.101. The van der Waals surface area contributed by atoms with Crippen molar-refractivity contribution < 1.29 is 23.9 Å². The maximum absolute atomic E-state index is 12.8. The number of fused-ring (bicyclic) bond motifs is 1. The van der Waals surface area contributed by atoms with E-state index in [0.29, 0.717) is 22.4 Å². The van der Waals surface area contributed by atoms with E-state index < -0.39 is 11.9 Å². The summed E-state index contributed by atoms with van der Waals surface area (Å²) in [6, 6.07) is 24.7. The number of nitrogens with zero attached hydrogens (tertiary/aromatic N) is 1. The van der Waals surface area contributed by atoms with Crippen molar-refractivity contribution in [3.8, 4) is 11.5 Å². The molecule has 0 heterocycles. The maximum Gasteiger partial charge on any atom is 0.343 e. The van der Waals surface area contributed by atoms with Gasteiger partial charge in [-0.05, 0) is 75.8 Å². The van der Waals surface area contributed by atoms with Crippen molar-refractivity contribution in [2.75, 3.05) is 13.7 Å². The smallest absolute Gasteiger partial charge is 0.343 e. The number of hydrogen-bond acceptors (Lipinski definition) is 6. The number of hydrazone groups is 1. The fourth-order valence-electron chi connectivity index (χ4n) is 3.49. The first-order chi connectivity index (χ1) is 18.0. The molecule has 4 rings (SSSR count). The summed E-state index contributed by atoms with van der Waals surface area (Å²) in [6.07, 6.45) is 1.42. The van der Waals surface area contributed by atoms with E-state index in [1.807, 2.05) is 42.5 Å². The number of rotatable bonds is 8. The zero-order valence-corrected chi connectivity index (χ0v) is 21.9. The molecule has 0 fully saturated rings. The van der Waals surface area contributed by atoms with Gasteiger partial charge in [0.2, 0.25) is 0 Å². The Morgan fingerprint density at radius 1 is 0.919 bits per heavy atom. The van der Waals surface area contributed by atoms with Crippen molar-refractivity contribution in [3.63, 3.8) is 0 Å². The molecule has 2 N–H and O–H groups in total. The summed E-state index contributed by atoms with van der Waals surface area (Å²) < 4.78 is 11.6. The molecule has 2 amide bonds. The van der Waals surface area contributed by atoms with E-state index in [4.69, 9.17) is 9.47 Å². The summed E-state index contributed by atoms with van der Waals surface area (Å²) in [7, 11) is 1.55. The molecule has 0 aliphatic heterocycles. The molecule has 186 valence electrons. The number of ether oxygens (including phenoxy) is 2. The number of benzene rings is 4. The third kappa shape index (κ3) is 6.50. The first-order valence-electron chi connectivity index (χ1n) is 11.2. The molecule has 0 bridgehead atoms. The lowest BCUT2D eigenvalue weighted by molar-refractivity contribution is -0.120. The highest BCUT2D eigenvalue weighted by molar-refractivity contribution is 14.1. The second-order valence-corrected chi connectivity index (χ2v) is 8.93. The Balaban J connectivity index is 1.47. The van der Waals surface area contributed by atoms with Crippen LogP contribution in [0.4, 0.5) is 0 Å². The Morgan fingerprint density at radius 3 is 2.41 bits per heavy atom. The largest absolute Gasteiger partial charge is 0.497 e. The Kier molecular flexibility index (Phi) is 8.47. The number of amides is 2. The first kappa shape index (κ1) is 25.8. The number of carbonyl (C=O) groups excluding carboxylic acids is 3. The van der Waals surface area contributed by atoms with Crippen LogP contribution in [0.1, 0.15) is 26.3 Å². The highest BCUT2D eigenvalue weighted by Gasteiger charge is 2.14. The van der Waals surface area contributed by atoms with Gasteiger partial charge in [0.1, 0.15) is 11.5 Å². The molecule has 4 aromatic carbocycles. The minimum absolute atomic E-state index is 0.254. The minimum Gasteiger partial charge on any atom is -0.497 e. The summed E-state index contributed by atoms with van der Waals surface area (Å²) in [5, 5.41) is 8.30. The SMILES string of the molecule is COc1ccc(C(=O)Oc2ccc3ccccc3c2/C=N\NC(=O)CNC(=O)c2ccccc2I)cc1. The van der Waals surface area contributed by atoms with E-state index in [1.54, 1.807) is 49.6 Å². The summed E-state index contributed by atoms with van der Waals surface area (Å²) >= 11 is 2.06. The van der Waals surface area contributed by atoms with Gasteiger partial charge in [-0.1, -0.05) is 42.5 Å². The predicted molar refractivity (Wildman–Crippen MR) is 149 cm³/mol. The highest BCUT2D eigenvalue weighted by Crippen LogP contribution is 2.27. The average Bonchev–Trinajstić information content (AvgIpc) is 2.93. The summed E-state index contributed by atoms with van der Waals surface area (Å²) in [4.78, 5) is 37.4. The molecule has 0 saturated carbocycles. The Hall–Kier alpha value is -4.25. The fraction of sp³-hybridized carbons (Fsp3) is 0.0714. The summed E-state index contributed by atoms with van der Waals surface area (Å²) in [5.74, 6) is -0.502. The fourth-order valence-corrected chi connectivity index (χ4v) is 4.13. The number of methoxy groups -OCH3 is 1. The number of halogens is 1. The standard InChI is InChI=1S/C28H22IN3O5/c1-36-20-13-10-19(11-14-20)28(35)37-25-15-12-18-6-2-3-7-21(18)23(25)16-31-32-26(33)17-30-27(34)22-8-4-5-9-24(22)29/h2-16H,17H2,1H3,(H,30,34)(H,32,33)/b31-16-. The normalized spacial score (nSPS) is 10.8. The van der Waals surface area contributed by atoms with Crippen LogP contribution < -0.4 is 20.2 Å². The van der Waals surface area contributed by atoms with E-state index in [1.165, 1.54) is 6.21 Å². The van der Waals surface area contributed by atoms with Crippen LogP contribution in [-0.4, -0.2) is 37.7 Å². The lowest BCUT2D eigenvalue weighted by atomic mass is 10.0. The molecule has 0 atom stereocenters. The van der Waals surface area contributed by atoms with Crippen LogP contribution in [0.15, 0.2) is 90.0 Å². The molecule has 0 aliphatic rings. The van der Waals surface area contributed by atoms with Gasteiger partial charge in [0.15, 0.2) is 0 Å². The summed E-state index contributed by atoms with van der Waals surface area (Å²) in [5.41, 5.74) is 3.76. The van der Waals surface area contributed by atoms with Crippen molar-refractivity contribution in [1.82, 2.24) is 10.7 Å². The predicted octanol–water partition coefficient (Wildman–Crippen LogP) is 4.55. The maximum atomic E-state index is 12.8. The van der Waals surface area contributed by atoms with Crippen LogP contribution in [-0.2, 0) is 4.79 Å². The van der Waals surface area contributed by atoms with Crippen LogP contribution in [0.2, 0.25) is 0 Å². The molecular weight excluding hydrogens is 585 g/mol. The van der Waals surface area contributed by atoms with E-state index in [2.05, 4.69) is 38.4 Å². The van der Waals surface area contributed by atoms with Gasteiger partial charge < -0.3 is 14.8 Å². The first-order valence-corrected chi connectivity index (χ1v) is 12.3. The van der Waals surface area contributed by atoms with E-state index in [0.717, 1.165) is 14.3 Å². The highest BCUT2D eigenvalue weighted by atomic mass is 127. The van der Waals surface area contributed by atoms with Gasteiger partial charge in [-0.25, -0.2) is 10.2 Å². The molecule has 8 nitrogen and oxygen atoms in total. The van der Waals surface area contributed by atoms with Gasteiger partial charge in [-0.3, -0.25) is 9.59 Å². The topological polar surface area (TPSA) is 106 Å². The molecule has 0 spiro atoms. The van der Waals surface area contributed by atoms with Crippen LogP contribution in [0.3, 0.4) is 0 Å². The second kappa shape index (κ2) is 12.1. The molecule has 0 aliphatic carbocycles. The molecule has 0 saturated heterocycles. The van der Waals surface area contributed by atoms with Crippen molar-refractivity contribution in [3.05, 3.63) is 105 Å². The van der Waals surface area contributed by atoms with Gasteiger partial charge >= 0.3 is 5.97 Å². The van der Waals surface area contributed by atoms with Crippen LogP contribution in [0, 0.1) is 3.57 Å². The molecule has 0 radical (unpaired) electrons. The summed E-state index contributed by atoms with van der Waals surface area (Å²) in [6.45, 7) is -0.254. The number of hydrogen-bond donors (Lipinski definition) is 2. The Morgan fingerprint density at radius 2 is 1.65 bits per heavy atom. The third-order valence-corrected chi connectivity index (χ3v) is 6.31. The van der Waals surface area contributed by atoms with E-state index >= 15 is 0 Å². The average molecular weight is 607 g/mol. The van der Waals surface area contributed by atoms with E-state index in [9.17, 15) is 14.4 Å². The van der Waals surface area contributed by atoms with Gasteiger partial charge in [-0.15, -0.1) is 0 Å². The third-order valence-electron chi connectivity index (χ3n) is 5.37. The lowest BCUT2D eigenvalue weighted by Crippen LogP contribution is -2.35. The molecule has 37 heavy (non-hydrogen) atoms. The van der Waals surface area contributed by atoms with Gasteiger partial charge in [-0.2, -0.15) is 5.10 Å². The van der Waals surface area contributed by atoms with Crippen molar-refractivity contribution in [2.45, 2.75) is 0 Å². The molecular formula is C28H22IN3O5. The second-order valence-electron chi connectivity index (χ2n) is 7.77. The van der Waals surface area contributed by atoms with E-state index in [-0.39, 0.29) is 18.2 Å².